The molecule has 1 aliphatic rings. The Labute approximate surface area is 256 Å². The van der Waals surface area contributed by atoms with E-state index in [0.29, 0.717) is 6.61 Å². The van der Waals surface area contributed by atoms with Gasteiger partial charge < -0.3 is 14.2 Å². The Bertz CT molecular complexity index is 848. The van der Waals surface area contributed by atoms with Crippen molar-refractivity contribution in [3.8, 4) is 0 Å². The zero-order valence-corrected chi connectivity index (χ0v) is 27.2. The van der Waals surface area contributed by atoms with Gasteiger partial charge in [0, 0.05) is 25.7 Å². The number of unbranched alkanes of at least 4 members (excludes halogenated alkanes) is 15. The summed E-state index contributed by atoms with van der Waals surface area (Å²) in [6.45, 7) is 8.17. The van der Waals surface area contributed by atoms with Gasteiger partial charge in [-0.05, 0) is 26.2 Å². The van der Waals surface area contributed by atoms with Crippen LogP contribution in [0.1, 0.15) is 142 Å². The molecule has 1 aromatic rings. The van der Waals surface area contributed by atoms with Crippen LogP contribution in [-0.4, -0.2) is 48.9 Å². The van der Waals surface area contributed by atoms with E-state index in [-0.39, 0.29) is 31.3 Å². The number of imide groups is 1. The van der Waals surface area contributed by atoms with Crippen molar-refractivity contribution in [2.45, 2.75) is 162 Å². The molecule has 0 N–H and O–H groups in total. The number of rotatable bonds is 24. The zero-order chi connectivity index (χ0) is 30.3. The molecule has 2 rings (SSSR count). The van der Waals surface area contributed by atoms with E-state index in [0.717, 1.165) is 43.0 Å². The highest BCUT2D eigenvalue weighted by molar-refractivity contribution is 5.90. The topological polar surface area (TPSA) is 69.0 Å². The quantitative estimate of drug-likeness (QED) is 0.0896. The van der Waals surface area contributed by atoms with Crippen molar-refractivity contribution in [1.82, 2.24) is 4.90 Å². The molecule has 2 heterocycles. The number of pyridine rings is 1. The fraction of sp³-hybridized carbons (Fsp3) is 0.800. The summed E-state index contributed by atoms with van der Waals surface area (Å²) in [5.41, 5.74) is 0.880. The van der Waals surface area contributed by atoms with Crippen LogP contribution in [0.3, 0.4) is 0 Å². The van der Waals surface area contributed by atoms with E-state index >= 15 is 0 Å². The van der Waals surface area contributed by atoms with Gasteiger partial charge >= 0.3 is 6.09 Å². The van der Waals surface area contributed by atoms with Crippen molar-refractivity contribution in [1.29, 1.82) is 0 Å². The molecule has 1 aliphatic heterocycles. The summed E-state index contributed by atoms with van der Waals surface area (Å²) in [5.74, 6) is -0.334. The van der Waals surface area contributed by atoms with Crippen LogP contribution in [0.5, 0.6) is 0 Å². The minimum absolute atomic E-state index is 0.0477. The Kier molecular flexibility index (Phi) is 20.2. The molecule has 2 amide bonds. The van der Waals surface area contributed by atoms with Crippen molar-refractivity contribution >= 4 is 12.0 Å². The summed E-state index contributed by atoms with van der Waals surface area (Å²) >= 11 is 0. The fourth-order valence-corrected chi connectivity index (χ4v) is 5.66. The molecular weight excluding hydrogens is 528 g/mol. The number of aromatic nitrogens is 1. The maximum Gasteiger partial charge on any atom is 0.417 e. The molecule has 1 aromatic heterocycles. The highest BCUT2D eigenvalue weighted by Gasteiger charge is 2.29. The van der Waals surface area contributed by atoms with Gasteiger partial charge in [0.1, 0.15) is 19.7 Å². The van der Waals surface area contributed by atoms with Crippen molar-refractivity contribution < 1.29 is 28.4 Å². The van der Waals surface area contributed by atoms with Crippen molar-refractivity contribution in [2.75, 3.05) is 19.8 Å². The number of carbonyl (C=O) groups is 2. The minimum Gasteiger partial charge on any atom is -0.446 e. The van der Waals surface area contributed by atoms with Gasteiger partial charge in [-0.1, -0.05) is 109 Å². The highest BCUT2D eigenvalue weighted by atomic mass is 16.6. The number of hydrogen-bond acceptors (Lipinski definition) is 5. The Hall–Kier alpha value is -1.99. The van der Waals surface area contributed by atoms with Crippen LogP contribution in [0, 0.1) is 0 Å². The highest BCUT2D eigenvalue weighted by Crippen LogP contribution is 2.21. The molecule has 7 nitrogen and oxygen atoms in total. The number of carbonyl (C=O) groups excluding carboxylic acids is 2. The molecule has 0 bridgehead atoms. The lowest BCUT2D eigenvalue weighted by molar-refractivity contribution is -0.701. The molecule has 0 spiro atoms. The number of nitrogens with zero attached hydrogens (tertiary/aromatic N) is 2. The average molecular weight is 590 g/mol. The largest absolute Gasteiger partial charge is 0.446 e. The fourth-order valence-electron chi connectivity index (χ4n) is 5.66. The average Bonchev–Trinajstić information content (AvgIpc) is 3.45. The maximum atomic E-state index is 12.7. The third-order valence-electron chi connectivity index (χ3n) is 8.33. The van der Waals surface area contributed by atoms with Crippen LogP contribution in [0.2, 0.25) is 0 Å². The standard InChI is InChI=1S/C35H61N2O5/c1-4-6-7-8-9-10-11-12-13-14-15-16-17-18-19-22-27-40-29-33-24-25-34(42-33)30-41-35(39)37(31(3)38)28-32-23-20-21-26-36(32)5-2/h20-21,23,26,33-34H,4-19,22,24-25,27-30H2,1-3H3/q+1. The zero-order valence-electron chi connectivity index (χ0n) is 27.2. The predicted octanol–water partition coefficient (Wildman–Crippen LogP) is 8.30. The van der Waals surface area contributed by atoms with Gasteiger partial charge in [0.2, 0.25) is 11.6 Å². The number of amides is 2. The second kappa shape index (κ2) is 23.5. The number of hydrogen-bond donors (Lipinski definition) is 0. The smallest absolute Gasteiger partial charge is 0.417 e. The molecule has 240 valence electrons. The summed E-state index contributed by atoms with van der Waals surface area (Å²) in [4.78, 5) is 26.0. The van der Waals surface area contributed by atoms with E-state index in [1.807, 2.05) is 35.9 Å². The molecule has 2 atom stereocenters. The second-order valence-electron chi connectivity index (χ2n) is 12.0. The molecule has 1 saturated heterocycles. The molecule has 7 heteroatoms. The second-order valence-corrected chi connectivity index (χ2v) is 12.0. The van der Waals surface area contributed by atoms with Crippen LogP contribution >= 0.6 is 0 Å². The molecule has 42 heavy (non-hydrogen) atoms. The van der Waals surface area contributed by atoms with Crippen LogP contribution in [0.25, 0.3) is 0 Å². The third-order valence-corrected chi connectivity index (χ3v) is 8.33. The van der Waals surface area contributed by atoms with Gasteiger partial charge in [-0.3, -0.25) is 4.79 Å². The van der Waals surface area contributed by atoms with Crippen molar-refractivity contribution in [2.24, 2.45) is 0 Å². The Morgan fingerprint density at radius 2 is 1.36 bits per heavy atom. The lowest BCUT2D eigenvalue weighted by Crippen LogP contribution is -2.43. The molecular formula is C35H61N2O5+. The van der Waals surface area contributed by atoms with Gasteiger partial charge in [0.05, 0.1) is 18.8 Å². The monoisotopic (exact) mass is 589 g/mol. The first-order valence-corrected chi connectivity index (χ1v) is 17.2. The summed E-state index contributed by atoms with van der Waals surface area (Å²) < 4.78 is 19.4. The van der Waals surface area contributed by atoms with Gasteiger partial charge in [-0.25, -0.2) is 14.3 Å². The summed E-state index contributed by atoms with van der Waals surface area (Å²) in [5, 5.41) is 0. The SMILES string of the molecule is CCCCCCCCCCCCCCCCCCOCC1CCC(COC(=O)N(Cc2cccc[n+]2CC)C(C)=O)O1. The van der Waals surface area contributed by atoms with E-state index in [4.69, 9.17) is 14.2 Å². The van der Waals surface area contributed by atoms with Crippen molar-refractivity contribution in [3.63, 3.8) is 0 Å². The molecule has 0 aliphatic carbocycles. The Balaban J connectivity index is 1.42. The normalized spacial score (nSPS) is 16.5. The number of aryl methyl sites for hydroxylation is 1. The Morgan fingerprint density at radius 1 is 0.810 bits per heavy atom. The molecule has 1 fully saturated rings. The van der Waals surface area contributed by atoms with Crippen LogP contribution in [0.15, 0.2) is 24.4 Å². The molecule has 0 saturated carbocycles. The van der Waals surface area contributed by atoms with Gasteiger partial charge in [-0.15, -0.1) is 0 Å². The lowest BCUT2D eigenvalue weighted by Gasteiger charge is -2.19. The van der Waals surface area contributed by atoms with Crippen LogP contribution in [0.4, 0.5) is 4.79 Å². The van der Waals surface area contributed by atoms with E-state index in [2.05, 4.69) is 6.92 Å². The van der Waals surface area contributed by atoms with E-state index in [1.165, 1.54) is 103 Å². The molecule has 0 aromatic carbocycles. The summed E-state index contributed by atoms with van der Waals surface area (Å²) in [6, 6.07) is 5.75. The van der Waals surface area contributed by atoms with Crippen molar-refractivity contribution in [3.05, 3.63) is 30.1 Å². The summed E-state index contributed by atoms with van der Waals surface area (Å²) in [7, 11) is 0. The lowest BCUT2D eigenvalue weighted by atomic mass is 10.0. The first-order valence-electron chi connectivity index (χ1n) is 17.2. The van der Waals surface area contributed by atoms with Gasteiger partial charge in [-0.2, -0.15) is 0 Å². The van der Waals surface area contributed by atoms with Gasteiger partial charge in [0.15, 0.2) is 6.20 Å². The maximum absolute atomic E-state index is 12.7. The Morgan fingerprint density at radius 3 is 1.90 bits per heavy atom. The third kappa shape index (κ3) is 16.0. The molecule has 0 radical (unpaired) electrons. The minimum atomic E-state index is -0.624. The van der Waals surface area contributed by atoms with Gasteiger partial charge in [0.25, 0.3) is 0 Å². The predicted molar refractivity (Wildman–Crippen MR) is 168 cm³/mol. The van der Waals surface area contributed by atoms with E-state index in [1.54, 1.807) is 0 Å². The van der Waals surface area contributed by atoms with E-state index < -0.39 is 6.09 Å². The van der Waals surface area contributed by atoms with E-state index in [9.17, 15) is 9.59 Å². The van der Waals surface area contributed by atoms with Crippen LogP contribution in [-0.2, 0) is 32.1 Å². The first kappa shape index (κ1) is 36.2. The first-order chi connectivity index (χ1) is 20.5. The summed E-state index contributed by atoms with van der Waals surface area (Å²) in [6.07, 6.45) is 24.8. The van der Waals surface area contributed by atoms with Crippen LogP contribution < -0.4 is 4.57 Å². The molecule has 2 unspecified atom stereocenters. The number of ether oxygens (including phenoxy) is 3.